The molecule has 0 heterocycles. The number of carboxylic acid groups (broad SMARTS) is 2. The van der Waals surface area contributed by atoms with Crippen molar-refractivity contribution in [2.24, 2.45) is 0 Å². The van der Waals surface area contributed by atoms with Crippen LogP contribution in [0.25, 0.3) is 0 Å². The fourth-order valence-electron chi connectivity index (χ4n) is 4.01. The van der Waals surface area contributed by atoms with Gasteiger partial charge in [-0.15, -0.1) is 0 Å². The van der Waals surface area contributed by atoms with Gasteiger partial charge in [0.05, 0.1) is 11.9 Å². The SMILES string of the molecule is C=C(C(=O)[O-])C(c1ccccc1)c1ccccc1.C=C(C(=O)[O-])C(c1ccccc1)c1ccccc1.[Pb+2]. The molecule has 0 saturated heterocycles. The Morgan fingerprint density at radius 1 is 0.459 bits per heavy atom. The molecule has 4 aromatic rings. The van der Waals surface area contributed by atoms with Gasteiger partial charge in [0.1, 0.15) is 0 Å². The summed E-state index contributed by atoms with van der Waals surface area (Å²) < 4.78 is 0. The van der Waals surface area contributed by atoms with Crippen molar-refractivity contribution in [1.82, 2.24) is 0 Å². The van der Waals surface area contributed by atoms with E-state index < -0.39 is 11.9 Å². The summed E-state index contributed by atoms with van der Waals surface area (Å²) in [7, 11) is 0. The Balaban J connectivity index is 0.000000253. The molecule has 0 aromatic heterocycles. The van der Waals surface area contributed by atoms with Crippen LogP contribution in [0.1, 0.15) is 34.1 Å². The molecule has 0 spiro atoms. The van der Waals surface area contributed by atoms with E-state index in [1.54, 1.807) is 0 Å². The van der Waals surface area contributed by atoms with E-state index in [0.29, 0.717) is 0 Å². The second-order valence-corrected chi connectivity index (χ2v) is 8.13. The number of carbonyl (C=O) groups excluding carboxylic acids is 2. The van der Waals surface area contributed by atoms with Crippen molar-refractivity contribution in [3.05, 3.63) is 168 Å². The molecule has 0 bridgehead atoms. The van der Waals surface area contributed by atoms with Gasteiger partial charge >= 0.3 is 27.3 Å². The zero-order valence-corrected chi connectivity index (χ0v) is 24.1. The Morgan fingerprint density at radius 3 is 0.811 bits per heavy atom. The average molecular weight is 682 g/mol. The van der Waals surface area contributed by atoms with Crippen LogP contribution >= 0.6 is 0 Å². The number of carboxylic acids is 2. The van der Waals surface area contributed by atoms with Crippen LogP contribution in [0.3, 0.4) is 0 Å². The zero-order chi connectivity index (χ0) is 25.9. The van der Waals surface area contributed by atoms with Crippen LogP contribution in [0.5, 0.6) is 0 Å². The molecule has 0 aliphatic heterocycles. The standard InChI is InChI=1S/2C16H14O2.Pb/c2*1-12(16(17)18)15(13-8-4-2-5-9-13)14-10-6-3-7-11-14;/h2*2-11,15H,1H2,(H,17,18);/q;;+2/p-2. The maximum absolute atomic E-state index is 11.1. The second kappa shape index (κ2) is 14.7. The van der Waals surface area contributed by atoms with E-state index in [-0.39, 0.29) is 50.3 Å². The van der Waals surface area contributed by atoms with Gasteiger partial charge in [-0.2, -0.15) is 0 Å². The van der Waals surface area contributed by atoms with Gasteiger partial charge < -0.3 is 19.8 Å². The molecule has 4 nitrogen and oxygen atoms in total. The molecule has 4 rings (SSSR count). The van der Waals surface area contributed by atoms with Crippen molar-refractivity contribution in [1.29, 1.82) is 0 Å². The van der Waals surface area contributed by atoms with E-state index in [4.69, 9.17) is 0 Å². The summed E-state index contributed by atoms with van der Waals surface area (Å²) in [6, 6.07) is 37.8. The third kappa shape index (κ3) is 8.12. The summed E-state index contributed by atoms with van der Waals surface area (Å²) in [5.41, 5.74) is 3.76. The molecule has 37 heavy (non-hydrogen) atoms. The van der Waals surface area contributed by atoms with E-state index in [0.717, 1.165) is 22.3 Å². The second-order valence-electron chi connectivity index (χ2n) is 8.13. The van der Waals surface area contributed by atoms with E-state index >= 15 is 0 Å². The van der Waals surface area contributed by atoms with E-state index in [1.807, 2.05) is 121 Å². The van der Waals surface area contributed by atoms with Crippen molar-refractivity contribution >= 4 is 39.2 Å². The van der Waals surface area contributed by atoms with E-state index in [2.05, 4.69) is 13.2 Å². The molecular formula is C32H26O4Pb. The molecule has 0 N–H and O–H groups in total. The first-order chi connectivity index (χ1) is 17.4. The number of aliphatic carboxylic acids is 2. The monoisotopic (exact) mass is 682 g/mol. The summed E-state index contributed by atoms with van der Waals surface area (Å²) in [6.07, 6.45) is 0. The maximum atomic E-state index is 11.1. The Bertz CT molecular complexity index is 1120. The molecule has 0 saturated carbocycles. The number of rotatable bonds is 8. The van der Waals surface area contributed by atoms with Gasteiger partial charge in [0.15, 0.2) is 0 Å². The number of carbonyl (C=O) groups is 2. The quantitative estimate of drug-likeness (QED) is 0.209. The van der Waals surface area contributed by atoms with Gasteiger partial charge in [0, 0.05) is 11.8 Å². The minimum atomic E-state index is -1.22. The summed E-state index contributed by atoms with van der Waals surface area (Å²) in [5, 5.41) is 22.2. The van der Waals surface area contributed by atoms with Crippen LogP contribution in [-0.2, 0) is 9.59 Å². The Kier molecular flexibility index (Phi) is 11.7. The van der Waals surface area contributed by atoms with Gasteiger partial charge in [-0.1, -0.05) is 134 Å². The number of benzene rings is 4. The maximum Gasteiger partial charge on any atom is 2.00 e. The minimum absolute atomic E-state index is 0. The third-order valence-electron chi connectivity index (χ3n) is 5.75. The molecule has 0 aliphatic carbocycles. The molecular weight excluding hydrogens is 656 g/mol. The van der Waals surface area contributed by atoms with E-state index in [1.165, 1.54) is 0 Å². The van der Waals surface area contributed by atoms with E-state index in [9.17, 15) is 19.8 Å². The van der Waals surface area contributed by atoms with Gasteiger partial charge in [-0.25, -0.2) is 0 Å². The minimum Gasteiger partial charge on any atom is -0.545 e. The van der Waals surface area contributed by atoms with Crippen molar-refractivity contribution in [3.8, 4) is 0 Å². The first-order valence-corrected chi connectivity index (χ1v) is 11.4. The summed E-state index contributed by atoms with van der Waals surface area (Å²) in [6.45, 7) is 7.29. The normalized spacial score (nSPS) is 10.0. The van der Waals surface area contributed by atoms with Crippen LogP contribution in [-0.4, -0.2) is 39.2 Å². The number of hydrogen-bond acceptors (Lipinski definition) is 4. The van der Waals surface area contributed by atoms with Crippen LogP contribution in [0.2, 0.25) is 0 Å². The number of hydrogen-bond donors (Lipinski definition) is 0. The summed E-state index contributed by atoms with van der Waals surface area (Å²) in [5.74, 6) is -3.16. The predicted molar refractivity (Wildman–Crippen MR) is 144 cm³/mol. The average Bonchev–Trinajstić information content (AvgIpc) is 2.91. The summed E-state index contributed by atoms with van der Waals surface area (Å²) >= 11 is 0. The fraction of sp³-hybridized carbons (Fsp3) is 0.0625. The van der Waals surface area contributed by atoms with Gasteiger partial charge in [-0.3, -0.25) is 0 Å². The van der Waals surface area contributed by atoms with Crippen molar-refractivity contribution in [2.75, 3.05) is 0 Å². The fourth-order valence-corrected chi connectivity index (χ4v) is 4.01. The third-order valence-corrected chi connectivity index (χ3v) is 5.75. The first-order valence-electron chi connectivity index (χ1n) is 11.4. The smallest absolute Gasteiger partial charge is 0.545 e. The van der Waals surface area contributed by atoms with Gasteiger partial charge in [0.25, 0.3) is 0 Å². The predicted octanol–water partition coefficient (Wildman–Crippen LogP) is 3.87. The molecule has 0 atom stereocenters. The molecule has 0 amide bonds. The molecule has 0 unspecified atom stereocenters. The van der Waals surface area contributed by atoms with Crippen molar-refractivity contribution in [2.45, 2.75) is 11.8 Å². The van der Waals surface area contributed by atoms with Crippen LogP contribution in [0.4, 0.5) is 0 Å². The molecule has 0 aliphatic rings. The molecule has 182 valence electrons. The molecule has 4 aromatic carbocycles. The molecule has 2 radical (unpaired) electrons. The van der Waals surface area contributed by atoms with Crippen molar-refractivity contribution in [3.63, 3.8) is 0 Å². The largest absolute Gasteiger partial charge is 2.00 e. The van der Waals surface area contributed by atoms with Gasteiger partial charge in [-0.05, 0) is 33.4 Å². The van der Waals surface area contributed by atoms with Crippen molar-refractivity contribution < 1.29 is 19.8 Å². The zero-order valence-electron chi connectivity index (χ0n) is 20.2. The Hall–Kier alpha value is -3.78. The first kappa shape index (κ1) is 29.5. The van der Waals surface area contributed by atoms with Crippen LogP contribution in [0, 0.1) is 0 Å². The molecule has 5 heteroatoms. The molecule has 0 fully saturated rings. The van der Waals surface area contributed by atoms with Crippen LogP contribution < -0.4 is 10.2 Å². The van der Waals surface area contributed by atoms with Crippen LogP contribution in [0.15, 0.2) is 146 Å². The topological polar surface area (TPSA) is 80.3 Å². The summed E-state index contributed by atoms with van der Waals surface area (Å²) in [4.78, 5) is 22.2. The Labute approximate surface area is 237 Å². The Morgan fingerprint density at radius 2 is 0.649 bits per heavy atom. The van der Waals surface area contributed by atoms with Gasteiger partial charge in [0.2, 0.25) is 0 Å².